The fraction of sp³-hybridized carbons (Fsp3) is 0.227. The Bertz CT molecular complexity index is 1430. The van der Waals surface area contributed by atoms with Crippen molar-refractivity contribution in [1.82, 2.24) is 24.1 Å². The zero-order valence-corrected chi connectivity index (χ0v) is 18.7. The lowest BCUT2D eigenvalue weighted by molar-refractivity contribution is 0.0691. The third kappa shape index (κ3) is 3.82. The number of pyridine rings is 1. The highest BCUT2D eigenvalue weighted by Crippen LogP contribution is 2.29. The first-order chi connectivity index (χ1) is 15.2. The van der Waals surface area contributed by atoms with Crippen molar-refractivity contribution < 1.29 is 9.90 Å². The summed E-state index contributed by atoms with van der Waals surface area (Å²) in [5.41, 5.74) is 2.69. The van der Waals surface area contributed by atoms with Crippen LogP contribution in [0, 0.1) is 6.92 Å². The maximum atomic E-state index is 13.2. The highest BCUT2D eigenvalue weighted by molar-refractivity contribution is 6.29. The molecule has 9 nitrogen and oxygen atoms in total. The molecule has 0 saturated carbocycles. The smallest absolute Gasteiger partial charge is 0.356 e. The predicted octanol–water partition coefficient (Wildman–Crippen LogP) is 3.56. The molecule has 1 atom stereocenters. The van der Waals surface area contributed by atoms with Gasteiger partial charge in [0.1, 0.15) is 10.8 Å². The zero-order valence-electron chi connectivity index (χ0n) is 17.9. The second kappa shape index (κ2) is 8.08. The summed E-state index contributed by atoms with van der Waals surface area (Å²) < 4.78 is 3.27. The number of aromatic carboxylic acids is 1. The van der Waals surface area contributed by atoms with E-state index in [9.17, 15) is 14.7 Å². The molecule has 0 bridgehead atoms. The van der Waals surface area contributed by atoms with Gasteiger partial charge in [-0.05, 0) is 37.6 Å². The molecule has 0 spiro atoms. The Morgan fingerprint density at radius 2 is 1.97 bits per heavy atom. The van der Waals surface area contributed by atoms with Gasteiger partial charge in [-0.25, -0.2) is 19.7 Å². The minimum atomic E-state index is -1.19. The molecule has 0 aliphatic heterocycles. The van der Waals surface area contributed by atoms with Crippen LogP contribution in [0.15, 0.2) is 41.6 Å². The third-order valence-electron chi connectivity index (χ3n) is 5.19. The van der Waals surface area contributed by atoms with E-state index in [0.29, 0.717) is 28.1 Å². The number of nitrogens with zero attached hydrogens (tertiary/aromatic N) is 5. The number of aromatic nitrogens is 5. The van der Waals surface area contributed by atoms with Crippen molar-refractivity contribution in [2.45, 2.75) is 19.9 Å². The summed E-state index contributed by atoms with van der Waals surface area (Å²) in [4.78, 5) is 37.8. The van der Waals surface area contributed by atoms with Gasteiger partial charge < -0.3 is 15.0 Å². The first kappa shape index (κ1) is 21.5. The number of halogens is 1. The normalized spacial score (nSPS) is 12.2. The van der Waals surface area contributed by atoms with Gasteiger partial charge in [-0.2, -0.15) is 0 Å². The topological polar surface area (TPSA) is 115 Å². The number of carboxylic acid groups (broad SMARTS) is 1. The van der Waals surface area contributed by atoms with Crippen LogP contribution in [0.5, 0.6) is 0 Å². The van der Waals surface area contributed by atoms with E-state index in [-0.39, 0.29) is 22.4 Å². The molecule has 4 rings (SSSR count). The van der Waals surface area contributed by atoms with Crippen LogP contribution in [0.4, 0.5) is 5.69 Å². The van der Waals surface area contributed by atoms with E-state index in [1.54, 1.807) is 36.3 Å². The van der Waals surface area contributed by atoms with Crippen molar-refractivity contribution >= 4 is 34.2 Å². The largest absolute Gasteiger partial charge is 0.476 e. The van der Waals surface area contributed by atoms with Crippen LogP contribution < -0.4 is 10.9 Å². The number of anilines is 1. The number of imidazole rings is 1. The molecular weight excluding hydrogens is 432 g/mol. The second-order valence-corrected chi connectivity index (χ2v) is 8.06. The Kier molecular flexibility index (Phi) is 5.43. The van der Waals surface area contributed by atoms with Gasteiger partial charge >= 0.3 is 5.97 Å². The van der Waals surface area contributed by atoms with Crippen LogP contribution in [0.1, 0.15) is 34.6 Å². The van der Waals surface area contributed by atoms with Crippen molar-refractivity contribution in [2.24, 2.45) is 14.1 Å². The molecule has 0 aliphatic carbocycles. The molecule has 0 radical (unpaired) electrons. The Morgan fingerprint density at radius 1 is 1.22 bits per heavy atom. The molecular formula is C22H21ClN6O3. The van der Waals surface area contributed by atoms with Crippen LogP contribution in [-0.4, -0.2) is 35.2 Å². The van der Waals surface area contributed by atoms with Crippen molar-refractivity contribution in [1.29, 1.82) is 0 Å². The number of benzene rings is 1. The first-order valence-corrected chi connectivity index (χ1v) is 10.2. The zero-order chi connectivity index (χ0) is 23.2. The Morgan fingerprint density at radius 3 is 2.62 bits per heavy atom. The number of carboxylic acids is 1. The molecule has 4 aromatic rings. The highest BCUT2D eigenvalue weighted by atomic mass is 35.5. The van der Waals surface area contributed by atoms with Crippen molar-refractivity contribution in [3.8, 4) is 11.5 Å². The second-order valence-electron chi connectivity index (χ2n) is 7.68. The van der Waals surface area contributed by atoms with E-state index in [2.05, 4.69) is 15.3 Å². The molecule has 3 aromatic heterocycles. The molecule has 2 N–H and O–H groups in total. The Balaban J connectivity index is 1.88. The van der Waals surface area contributed by atoms with Gasteiger partial charge in [0, 0.05) is 25.9 Å². The van der Waals surface area contributed by atoms with E-state index in [1.807, 2.05) is 27.0 Å². The van der Waals surface area contributed by atoms with Crippen LogP contribution >= 0.6 is 11.6 Å². The highest BCUT2D eigenvalue weighted by Gasteiger charge is 2.20. The fourth-order valence-electron chi connectivity index (χ4n) is 3.67. The summed E-state index contributed by atoms with van der Waals surface area (Å²) >= 11 is 5.87. The van der Waals surface area contributed by atoms with Crippen LogP contribution in [0.3, 0.4) is 0 Å². The third-order valence-corrected chi connectivity index (χ3v) is 5.40. The maximum absolute atomic E-state index is 13.2. The fourth-order valence-corrected chi connectivity index (χ4v) is 3.81. The SMILES string of the molecule is Cc1cc([C@@H](C)Nc2ccc(Cl)nc2C(=O)O)c2nc(-c3cn(C)cn3)n(C)c(=O)c2c1. The minimum Gasteiger partial charge on any atom is -0.476 e. The number of hydrogen-bond acceptors (Lipinski definition) is 6. The molecule has 0 aliphatic rings. The average molecular weight is 453 g/mol. The minimum absolute atomic E-state index is 0.0896. The lowest BCUT2D eigenvalue weighted by Gasteiger charge is -2.20. The van der Waals surface area contributed by atoms with Gasteiger partial charge in [0.2, 0.25) is 0 Å². The van der Waals surface area contributed by atoms with E-state index < -0.39 is 5.97 Å². The monoisotopic (exact) mass is 452 g/mol. The molecule has 0 unspecified atom stereocenters. The maximum Gasteiger partial charge on any atom is 0.356 e. The molecule has 0 fully saturated rings. The predicted molar refractivity (Wildman–Crippen MR) is 122 cm³/mol. The number of carbonyl (C=O) groups is 1. The van der Waals surface area contributed by atoms with Gasteiger partial charge in [0.15, 0.2) is 11.5 Å². The van der Waals surface area contributed by atoms with Crippen LogP contribution in [0.25, 0.3) is 22.4 Å². The molecule has 32 heavy (non-hydrogen) atoms. The van der Waals surface area contributed by atoms with Crippen LogP contribution in [0.2, 0.25) is 5.15 Å². The Hall–Kier alpha value is -3.72. The first-order valence-electron chi connectivity index (χ1n) is 9.81. The summed E-state index contributed by atoms with van der Waals surface area (Å²) in [7, 11) is 3.51. The van der Waals surface area contributed by atoms with Gasteiger partial charge in [0.05, 0.1) is 29.0 Å². The van der Waals surface area contributed by atoms with Crippen LogP contribution in [-0.2, 0) is 14.1 Å². The number of rotatable bonds is 5. The van der Waals surface area contributed by atoms with Crippen molar-refractivity contribution in [3.05, 3.63) is 69.1 Å². The van der Waals surface area contributed by atoms with Crippen molar-refractivity contribution in [3.63, 3.8) is 0 Å². The van der Waals surface area contributed by atoms with Crippen molar-refractivity contribution in [2.75, 3.05) is 5.32 Å². The summed E-state index contributed by atoms with van der Waals surface area (Å²) in [6, 6.07) is 6.44. The van der Waals surface area contributed by atoms with Gasteiger partial charge in [0.25, 0.3) is 5.56 Å². The van der Waals surface area contributed by atoms with Gasteiger partial charge in [-0.15, -0.1) is 0 Å². The summed E-state index contributed by atoms with van der Waals surface area (Å²) in [6.07, 6.45) is 3.44. The molecule has 10 heteroatoms. The summed E-state index contributed by atoms with van der Waals surface area (Å²) in [6.45, 7) is 3.77. The molecule has 1 aromatic carbocycles. The van der Waals surface area contributed by atoms with E-state index in [4.69, 9.17) is 16.6 Å². The number of aryl methyl sites for hydroxylation is 2. The van der Waals surface area contributed by atoms with E-state index in [1.165, 1.54) is 10.6 Å². The van der Waals surface area contributed by atoms with Gasteiger partial charge in [-0.1, -0.05) is 17.7 Å². The Labute approximate surface area is 188 Å². The molecule has 164 valence electrons. The van der Waals surface area contributed by atoms with Gasteiger partial charge in [-0.3, -0.25) is 9.36 Å². The summed E-state index contributed by atoms with van der Waals surface area (Å²) in [5, 5.41) is 13.2. The standard InChI is InChI=1S/C22H21ClN6O3/c1-11-7-13(12(2)25-15-5-6-17(23)26-19(15)22(31)32)18-14(8-11)21(30)29(4)20(27-18)16-9-28(3)10-24-16/h5-10,12,25H,1-4H3,(H,31,32)/t12-/m1/s1. The van der Waals surface area contributed by atoms with E-state index >= 15 is 0 Å². The molecule has 0 saturated heterocycles. The lowest BCUT2D eigenvalue weighted by Crippen LogP contribution is -2.22. The number of nitrogens with one attached hydrogen (secondary N) is 1. The molecule has 0 amide bonds. The number of fused-ring (bicyclic) bond motifs is 1. The van der Waals surface area contributed by atoms with E-state index in [0.717, 1.165) is 11.1 Å². The lowest BCUT2D eigenvalue weighted by atomic mass is 10.0. The average Bonchev–Trinajstić information content (AvgIpc) is 3.17. The number of hydrogen-bond donors (Lipinski definition) is 2. The quantitative estimate of drug-likeness (QED) is 0.445. The summed E-state index contributed by atoms with van der Waals surface area (Å²) in [5.74, 6) is -0.750. The molecule has 3 heterocycles.